The van der Waals surface area contributed by atoms with E-state index in [4.69, 9.17) is 0 Å². The summed E-state index contributed by atoms with van der Waals surface area (Å²) in [4.78, 5) is 133. The minimum absolute atomic E-state index is 0.246. The molecule has 0 spiro atoms. The fourth-order valence-corrected chi connectivity index (χ4v) is 25.9. The predicted octanol–water partition coefficient (Wildman–Crippen LogP) is 27.0. The molecule has 0 aromatic heterocycles. The van der Waals surface area contributed by atoms with Gasteiger partial charge < -0.3 is 10.6 Å². The van der Waals surface area contributed by atoms with Gasteiger partial charge in [-0.1, -0.05) is 361 Å². The number of amides is 8. The molecular weight excluding hydrogens is 1490 g/mol. The number of hydrogen-bond acceptors (Lipinski definition) is 10. The molecule has 11 rings (SSSR count). The smallest absolute Gasteiger partial charge is 0.263 e. The second kappa shape index (κ2) is 46.5. The monoisotopic (exact) mass is 1640 g/mol. The van der Waals surface area contributed by atoms with E-state index in [1.165, 1.54) is 55.7 Å². The molecule has 8 amide bonds. The van der Waals surface area contributed by atoms with Gasteiger partial charge in [0, 0.05) is 83.3 Å². The molecule has 0 aliphatic carbocycles. The first-order valence-corrected chi connectivity index (χ1v) is 51.2. The molecule has 0 fully saturated rings. The van der Waals surface area contributed by atoms with Crippen molar-refractivity contribution in [3.05, 3.63) is 105 Å². The average molecular weight is 1640 g/mol. The zero-order chi connectivity index (χ0) is 84.2. The van der Waals surface area contributed by atoms with Gasteiger partial charge in [0.2, 0.25) is 0 Å². The summed E-state index contributed by atoms with van der Waals surface area (Å²) in [5.41, 5.74) is 8.93. The lowest BCUT2D eigenvalue weighted by molar-refractivity contribution is 0.0587. The number of unbranched alkanes of at least 4 members (excludes halogenated alkanes) is 40. The van der Waals surface area contributed by atoms with Crippen molar-refractivity contribution in [1.82, 2.24) is 19.6 Å². The quantitative estimate of drug-likeness (QED) is 0.0212. The number of carbonyl (C=O) groups excluding carboxylic acids is 8. The number of benzene rings is 6. The summed E-state index contributed by atoms with van der Waals surface area (Å²) in [7, 11) is -3.03. The van der Waals surface area contributed by atoms with Crippen LogP contribution in [0.15, 0.2) is 60.7 Å². The molecule has 0 bridgehead atoms. The Kier molecular flexibility index (Phi) is 35.9. The highest BCUT2D eigenvalue weighted by Crippen LogP contribution is 2.50. The lowest BCUT2D eigenvalue weighted by atomic mass is 9.80. The molecule has 5 aliphatic heterocycles. The number of anilines is 2. The molecule has 6 aromatic rings. The lowest BCUT2D eigenvalue weighted by Gasteiger charge is -2.35. The molecule has 6 aromatic carbocycles. The minimum atomic E-state index is -3.03. The third kappa shape index (κ3) is 21.3. The van der Waals surface area contributed by atoms with Crippen molar-refractivity contribution in [3.63, 3.8) is 0 Å². The third-order valence-corrected chi connectivity index (χ3v) is 32.4. The van der Waals surface area contributed by atoms with Crippen LogP contribution in [0.3, 0.4) is 0 Å². The van der Waals surface area contributed by atoms with Gasteiger partial charge in [0.05, 0.1) is 33.4 Å². The highest BCUT2D eigenvalue weighted by Gasteiger charge is 2.49. The Morgan fingerprint density at radius 3 is 0.748 bits per heavy atom. The van der Waals surface area contributed by atoms with E-state index in [-0.39, 0.29) is 38.0 Å². The van der Waals surface area contributed by atoms with Crippen molar-refractivity contribution < 1.29 is 38.4 Å². The number of nitrogens with one attached hydrogen (secondary N) is 2. The summed E-state index contributed by atoms with van der Waals surface area (Å²) in [6.45, 7) is 20.0. The Labute approximate surface area is 716 Å². The van der Waals surface area contributed by atoms with Gasteiger partial charge in [-0.15, -0.1) is 0 Å². The van der Waals surface area contributed by atoms with Crippen molar-refractivity contribution in [1.29, 1.82) is 0 Å². The number of carbonyl (C=O) groups is 8. The molecule has 0 saturated heterocycles. The molecule has 0 unspecified atom stereocenters. The van der Waals surface area contributed by atoms with Gasteiger partial charge in [0.15, 0.2) is 0 Å². The number of imide groups is 4. The standard InChI is InChI=1S/C104H148N6O8Si/c1-9-17-25-33-41-49-61-105-85-73-83-89-91-81(97(111)109(103(117)95(85)91)65-53-45-37-29-21-13-5)71-79(93(89)101(115)107(99(83)113)63-51-43-35-27-19-11-3)75-57-59-77-78-60-58-76(70-88(78)119(87(77)69-75,67-55-47-39-31-23-15-7)68-56-48-40-32-24-16-8)80-72-82-92-90-84(100(114)108(102(116)94(80)90)64-52-44-36-28-20-12-4)74-86(106-62-50-42-34-26-18-10-2)96(92)104(118)110(98(82)112)66-54-46-38-30-22-14-6/h57-60,69-74,105-106H,9-56,61-68H2,1-8H3. The van der Waals surface area contributed by atoms with Crippen LogP contribution in [0.25, 0.3) is 54.9 Å². The topological polar surface area (TPSA) is 174 Å². The van der Waals surface area contributed by atoms with Gasteiger partial charge in [-0.2, -0.15) is 0 Å². The number of rotatable bonds is 60. The van der Waals surface area contributed by atoms with Crippen molar-refractivity contribution >= 4 is 98.6 Å². The Bertz CT molecular complexity index is 4220. The lowest BCUT2D eigenvalue weighted by Crippen LogP contribution is -2.55. The first kappa shape index (κ1) is 91.9. The van der Waals surface area contributed by atoms with Gasteiger partial charge in [-0.25, -0.2) is 0 Å². The van der Waals surface area contributed by atoms with Crippen LogP contribution in [0.2, 0.25) is 12.1 Å². The molecule has 0 atom stereocenters. The average Bonchev–Trinajstić information content (AvgIpc) is 1.52. The molecule has 5 heterocycles. The van der Waals surface area contributed by atoms with Crippen LogP contribution in [-0.4, -0.2) is 114 Å². The highest BCUT2D eigenvalue weighted by molar-refractivity contribution is 7.05. The molecular formula is C104H148N6O8Si. The molecule has 0 radical (unpaired) electrons. The summed E-state index contributed by atoms with van der Waals surface area (Å²) in [5, 5.41) is 11.5. The van der Waals surface area contributed by atoms with Crippen LogP contribution in [0.1, 0.15) is 446 Å². The second-order valence-corrected chi connectivity index (χ2v) is 40.3. The van der Waals surface area contributed by atoms with Crippen LogP contribution < -0.4 is 21.0 Å². The van der Waals surface area contributed by atoms with E-state index < -0.39 is 43.5 Å². The zero-order valence-corrected chi connectivity index (χ0v) is 75.9. The van der Waals surface area contributed by atoms with Gasteiger partial charge in [0.1, 0.15) is 8.07 Å². The van der Waals surface area contributed by atoms with Crippen LogP contribution in [0.4, 0.5) is 11.4 Å². The molecule has 0 saturated carbocycles. The Balaban J connectivity index is 1.13. The first-order valence-electron chi connectivity index (χ1n) is 48.8. The van der Waals surface area contributed by atoms with Gasteiger partial charge in [-0.05, 0) is 119 Å². The summed E-state index contributed by atoms with van der Waals surface area (Å²) in [6.07, 6.45) is 49.8. The van der Waals surface area contributed by atoms with Crippen molar-refractivity contribution in [2.45, 2.75) is 376 Å². The maximum atomic E-state index is 16.3. The largest absolute Gasteiger partial charge is 0.384 e. The normalized spacial score (nSPS) is 14.6. The number of nitrogens with zero attached hydrogens (tertiary/aromatic N) is 4. The summed E-state index contributed by atoms with van der Waals surface area (Å²) in [5.74, 6) is -3.14. The van der Waals surface area contributed by atoms with Gasteiger partial charge >= 0.3 is 0 Å². The number of fused-ring (bicyclic) bond motifs is 3. The maximum Gasteiger partial charge on any atom is 0.263 e. The molecule has 5 aliphatic rings. The van der Waals surface area contributed by atoms with Crippen molar-refractivity contribution in [2.75, 3.05) is 49.9 Å². The molecule has 2 N–H and O–H groups in total. The fourth-order valence-electron chi connectivity index (χ4n) is 20.2. The predicted molar refractivity (Wildman–Crippen MR) is 498 cm³/mol. The minimum Gasteiger partial charge on any atom is -0.384 e. The first-order chi connectivity index (χ1) is 58.2. The summed E-state index contributed by atoms with van der Waals surface area (Å²) in [6, 6.07) is 23.0. The Hall–Kier alpha value is -7.78. The highest BCUT2D eigenvalue weighted by atomic mass is 28.3. The van der Waals surface area contributed by atoms with E-state index in [1.807, 2.05) is 24.3 Å². The van der Waals surface area contributed by atoms with Crippen molar-refractivity contribution in [3.8, 4) is 33.4 Å². The van der Waals surface area contributed by atoms with E-state index in [2.05, 4.69) is 102 Å². The Morgan fingerprint density at radius 1 is 0.227 bits per heavy atom. The Morgan fingerprint density at radius 2 is 0.462 bits per heavy atom. The zero-order valence-electron chi connectivity index (χ0n) is 74.9. The third-order valence-electron chi connectivity index (χ3n) is 27.1. The van der Waals surface area contributed by atoms with E-state index >= 15 is 38.4 Å². The van der Waals surface area contributed by atoms with E-state index in [0.717, 1.165) is 291 Å². The van der Waals surface area contributed by atoms with Gasteiger partial charge in [0.25, 0.3) is 47.3 Å². The van der Waals surface area contributed by atoms with E-state index in [1.54, 1.807) is 0 Å². The summed E-state index contributed by atoms with van der Waals surface area (Å²) < 4.78 is 0. The number of hydrogen-bond donors (Lipinski definition) is 2. The maximum absolute atomic E-state index is 16.3. The van der Waals surface area contributed by atoms with E-state index in [0.29, 0.717) is 127 Å². The van der Waals surface area contributed by atoms with Gasteiger partial charge in [-0.3, -0.25) is 58.0 Å². The summed E-state index contributed by atoms with van der Waals surface area (Å²) >= 11 is 0. The molecule has 119 heavy (non-hydrogen) atoms. The van der Waals surface area contributed by atoms with E-state index in [9.17, 15) is 0 Å². The second-order valence-electron chi connectivity index (χ2n) is 36.0. The molecule has 646 valence electrons. The van der Waals surface area contributed by atoms with Crippen LogP contribution in [0.5, 0.6) is 0 Å². The molecule has 14 nitrogen and oxygen atoms in total. The molecule has 15 heteroatoms. The van der Waals surface area contributed by atoms with Crippen molar-refractivity contribution in [2.24, 2.45) is 0 Å². The van der Waals surface area contributed by atoms with Crippen LogP contribution in [0, 0.1) is 0 Å². The van der Waals surface area contributed by atoms with Crippen LogP contribution in [-0.2, 0) is 0 Å². The SMILES string of the molecule is CCCCCCCCNc1cc2c3c(c(-c4ccc5c(c4)[Si](CCCCCCCC)(CCCCCCCC)c4cc(-c6cc7c8c(c(NCCCCCCCC)cc9c8c6C(=O)N(CCCCCCCC)C9=O)C(=O)N(CCCCCCCC)C7=O)ccc4-5)cc4c3c1C(=O)N(CCCCCCCC)C4=O)C(=O)N(CCCCCCCC)C2=O. The van der Waals surface area contributed by atoms with Crippen LogP contribution >= 0.6 is 0 Å². The fraction of sp³-hybridized carbons (Fsp3) is 0.615.